The van der Waals surface area contributed by atoms with Gasteiger partial charge in [-0.25, -0.2) is 0 Å². The molecule has 0 unspecified atom stereocenters. The SMILES string of the molecule is CC[C@@H](N)c1ccc(OC2CCC(C)CC2)cc1. The van der Waals surface area contributed by atoms with Crippen molar-refractivity contribution in [1.82, 2.24) is 0 Å². The zero-order valence-electron chi connectivity index (χ0n) is 11.6. The molecule has 0 aromatic heterocycles. The van der Waals surface area contributed by atoms with Crippen molar-refractivity contribution in [3.63, 3.8) is 0 Å². The van der Waals surface area contributed by atoms with Crippen LogP contribution >= 0.6 is 0 Å². The molecule has 2 nitrogen and oxygen atoms in total. The van der Waals surface area contributed by atoms with E-state index >= 15 is 0 Å². The Kier molecular flexibility index (Phi) is 4.65. The van der Waals surface area contributed by atoms with Crippen LogP contribution in [0.15, 0.2) is 24.3 Å². The maximum Gasteiger partial charge on any atom is 0.119 e. The molecule has 2 rings (SSSR count). The molecule has 1 fully saturated rings. The molecule has 0 heterocycles. The smallest absolute Gasteiger partial charge is 0.119 e. The van der Waals surface area contributed by atoms with Crippen LogP contribution in [0.5, 0.6) is 5.75 Å². The summed E-state index contributed by atoms with van der Waals surface area (Å²) >= 11 is 0. The van der Waals surface area contributed by atoms with Crippen LogP contribution in [0.4, 0.5) is 0 Å². The highest BCUT2D eigenvalue weighted by Gasteiger charge is 2.19. The summed E-state index contributed by atoms with van der Waals surface area (Å²) < 4.78 is 6.03. The molecule has 0 aliphatic heterocycles. The number of hydrogen-bond acceptors (Lipinski definition) is 2. The van der Waals surface area contributed by atoms with Gasteiger partial charge in [0.1, 0.15) is 5.75 Å². The first-order chi connectivity index (χ1) is 8.69. The molecule has 1 atom stereocenters. The minimum absolute atomic E-state index is 0.148. The van der Waals surface area contributed by atoms with E-state index in [1.54, 1.807) is 0 Å². The summed E-state index contributed by atoms with van der Waals surface area (Å²) in [6.45, 7) is 4.44. The molecular formula is C16H25NO. The zero-order chi connectivity index (χ0) is 13.0. The van der Waals surface area contributed by atoms with Crippen molar-refractivity contribution in [1.29, 1.82) is 0 Å². The second-order valence-electron chi connectivity index (χ2n) is 5.58. The van der Waals surface area contributed by atoms with E-state index in [1.165, 1.54) is 31.2 Å². The lowest BCUT2D eigenvalue weighted by molar-refractivity contribution is 0.135. The number of nitrogens with two attached hydrogens (primary N) is 1. The van der Waals surface area contributed by atoms with Crippen LogP contribution in [0.2, 0.25) is 0 Å². The molecule has 0 radical (unpaired) electrons. The fourth-order valence-corrected chi connectivity index (χ4v) is 2.57. The highest BCUT2D eigenvalue weighted by atomic mass is 16.5. The van der Waals surface area contributed by atoms with Crippen molar-refractivity contribution in [3.05, 3.63) is 29.8 Å². The van der Waals surface area contributed by atoms with E-state index in [0.29, 0.717) is 6.10 Å². The van der Waals surface area contributed by atoms with Gasteiger partial charge in [0, 0.05) is 6.04 Å². The van der Waals surface area contributed by atoms with Gasteiger partial charge in [0.25, 0.3) is 0 Å². The topological polar surface area (TPSA) is 35.2 Å². The Bertz CT molecular complexity index is 352. The molecular weight excluding hydrogens is 222 g/mol. The molecule has 0 bridgehead atoms. The summed E-state index contributed by atoms with van der Waals surface area (Å²) in [4.78, 5) is 0. The van der Waals surface area contributed by atoms with E-state index in [2.05, 4.69) is 38.1 Å². The van der Waals surface area contributed by atoms with Crippen LogP contribution in [0, 0.1) is 5.92 Å². The molecule has 100 valence electrons. The molecule has 0 spiro atoms. The van der Waals surface area contributed by atoms with Crippen molar-refractivity contribution in [3.8, 4) is 5.75 Å². The average molecular weight is 247 g/mol. The number of ether oxygens (including phenoxy) is 1. The van der Waals surface area contributed by atoms with Crippen LogP contribution in [0.1, 0.15) is 57.6 Å². The van der Waals surface area contributed by atoms with E-state index in [1.807, 2.05) is 0 Å². The van der Waals surface area contributed by atoms with Crippen LogP contribution < -0.4 is 10.5 Å². The lowest BCUT2D eigenvalue weighted by atomic mass is 9.89. The predicted molar refractivity (Wildman–Crippen MR) is 75.7 cm³/mol. The number of hydrogen-bond donors (Lipinski definition) is 1. The Morgan fingerprint density at radius 3 is 2.33 bits per heavy atom. The van der Waals surface area contributed by atoms with Crippen LogP contribution in [-0.2, 0) is 0 Å². The van der Waals surface area contributed by atoms with Gasteiger partial charge in [-0.1, -0.05) is 26.0 Å². The van der Waals surface area contributed by atoms with E-state index < -0.39 is 0 Å². The molecule has 2 N–H and O–H groups in total. The first kappa shape index (κ1) is 13.4. The van der Waals surface area contributed by atoms with Gasteiger partial charge in [-0.15, -0.1) is 0 Å². The minimum atomic E-state index is 0.148. The third kappa shape index (κ3) is 3.49. The summed E-state index contributed by atoms with van der Waals surface area (Å²) in [5.74, 6) is 1.86. The molecule has 1 aromatic carbocycles. The van der Waals surface area contributed by atoms with Crippen molar-refractivity contribution in [2.75, 3.05) is 0 Å². The second kappa shape index (κ2) is 6.24. The Morgan fingerprint density at radius 1 is 1.17 bits per heavy atom. The lowest BCUT2D eigenvalue weighted by Gasteiger charge is -2.27. The van der Waals surface area contributed by atoms with Crippen LogP contribution in [0.3, 0.4) is 0 Å². The van der Waals surface area contributed by atoms with Crippen molar-refractivity contribution >= 4 is 0 Å². The minimum Gasteiger partial charge on any atom is -0.490 e. The lowest BCUT2D eigenvalue weighted by Crippen LogP contribution is -2.23. The van der Waals surface area contributed by atoms with E-state index in [0.717, 1.165) is 18.1 Å². The Morgan fingerprint density at radius 2 is 1.78 bits per heavy atom. The monoisotopic (exact) mass is 247 g/mol. The quantitative estimate of drug-likeness (QED) is 0.871. The molecule has 18 heavy (non-hydrogen) atoms. The highest BCUT2D eigenvalue weighted by Crippen LogP contribution is 2.27. The maximum absolute atomic E-state index is 6.03. The fraction of sp³-hybridized carbons (Fsp3) is 0.625. The molecule has 1 aliphatic carbocycles. The Labute approximate surface area is 111 Å². The number of benzene rings is 1. The van der Waals surface area contributed by atoms with Gasteiger partial charge in [-0.2, -0.15) is 0 Å². The summed E-state index contributed by atoms with van der Waals surface area (Å²) in [7, 11) is 0. The molecule has 1 aliphatic rings. The second-order valence-corrected chi connectivity index (χ2v) is 5.58. The van der Waals surface area contributed by atoms with Gasteiger partial charge in [-0.05, 0) is 55.7 Å². The first-order valence-corrected chi connectivity index (χ1v) is 7.21. The molecule has 1 aromatic rings. The summed E-state index contributed by atoms with van der Waals surface area (Å²) in [6, 6.07) is 8.45. The van der Waals surface area contributed by atoms with E-state index in [4.69, 9.17) is 10.5 Å². The summed E-state index contributed by atoms with van der Waals surface area (Å²) in [5, 5.41) is 0. The van der Waals surface area contributed by atoms with Gasteiger partial charge in [0.2, 0.25) is 0 Å². The third-order valence-corrected chi connectivity index (χ3v) is 4.01. The standard InChI is InChI=1S/C16H25NO/c1-3-16(17)13-6-10-15(11-7-13)18-14-8-4-12(2)5-9-14/h6-7,10-12,14,16H,3-5,8-9,17H2,1-2H3/t12?,14?,16-/m1/s1. The maximum atomic E-state index is 6.03. The normalized spacial score (nSPS) is 25.7. The van der Waals surface area contributed by atoms with Crippen LogP contribution in [0.25, 0.3) is 0 Å². The van der Waals surface area contributed by atoms with Gasteiger partial charge in [-0.3, -0.25) is 0 Å². The predicted octanol–water partition coefficient (Wildman–Crippen LogP) is 4.05. The number of rotatable bonds is 4. The third-order valence-electron chi connectivity index (χ3n) is 4.01. The van der Waals surface area contributed by atoms with Crippen LogP contribution in [-0.4, -0.2) is 6.10 Å². The summed E-state index contributed by atoms with van der Waals surface area (Å²) in [5.41, 5.74) is 7.20. The van der Waals surface area contributed by atoms with Crippen molar-refractivity contribution < 1.29 is 4.74 Å². The highest BCUT2D eigenvalue weighted by molar-refractivity contribution is 5.29. The summed E-state index contributed by atoms with van der Waals surface area (Å²) in [6.07, 6.45) is 6.36. The molecule has 2 heteroatoms. The van der Waals surface area contributed by atoms with Crippen molar-refractivity contribution in [2.45, 2.75) is 58.1 Å². The largest absolute Gasteiger partial charge is 0.490 e. The van der Waals surface area contributed by atoms with Gasteiger partial charge < -0.3 is 10.5 Å². The molecule has 0 amide bonds. The van der Waals surface area contributed by atoms with E-state index in [-0.39, 0.29) is 6.04 Å². The van der Waals surface area contributed by atoms with Gasteiger partial charge in [0.15, 0.2) is 0 Å². The first-order valence-electron chi connectivity index (χ1n) is 7.21. The van der Waals surface area contributed by atoms with Gasteiger partial charge in [0.05, 0.1) is 6.10 Å². The Balaban J connectivity index is 1.90. The van der Waals surface area contributed by atoms with E-state index in [9.17, 15) is 0 Å². The average Bonchev–Trinajstić information content (AvgIpc) is 2.41. The fourth-order valence-electron chi connectivity index (χ4n) is 2.57. The molecule has 0 saturated heterocycles. The zero-order valence-corrected chi connectivity index (χ0v) is 11.6. The van der Waals surface area contributed by atoms with Gasteiger partial charge >= 0.3 is 0 Å². The Hall–Kier alpha value is -1.02. The molecule has 1 saturated carbocycles. The van der Waals surface area contributed by atoms with Crippen molar-refractivity contribution in [2.24, 2.45) is 11.7 Å².